The van der Waals surface area contributed by atoms with Gasteiger partial charge in [0.05, 0.1) is 19.5 Å². The van der Waals surface area contributed by atoms with Crippen molar-refractivity contribution in [2.75, 3.05) is 13.1 Å². The van der Waals surface area contributed by atoms with Gasteiger partial charge in [-0.3, -0.25) is 14.4 Å². The van der Waals surface area contributed by atoms with Gasteiger partial charge in [-0.05, 0) is 0 Å². The quantitative estimate of drug-likeness (QED) is 0.668. The summed E-state index contributed by atoms with van der Waals surface area (Å²) in [7, 11) is 0. The maximum absolute atomic E-state index is 11.6. The highest BCUT2D eigenvalue weighted by Crippen LogP contribution is 1.98. The molecule has 0 aromatic heterocycles. The Morgan fingerprint density at radius 1 is 1.00 bits per heavy atom. The van der Waals surface area contributed by atoms with Crippen LogP contribution >= 0.6 is 0 Å². The molecule has 0 spiro atoms. The highest BCUT2D eigenvalue weighted by Gasteiger charge is 2.07. The monoisotopic (exact) mass is 249 g/mol. The van der Waals surface area contributed by atoms with Crippen LogP contribution in [-0.2, 0) is 9.59 Å². The Morgan fingerprint density at radius 3 is 2.28 bits per heavy atom. The first-order valence-corrected chi connectivity index (χ1v) is 5.62. The molecular formula is C13H15NO4. The summed E-state index contributed by atoms with van der Waals surface area (Å²) in [6.45, 7) is 0.0919. The van der Waals surface area contributed by atoms with Gasteiger partial charge in [0.25, 0.3) is 0 Å². The van der Waals surface area contributed by atoms with E-state index in [1.165, 1.54) is 0 Å². The van der Waals surface area contributed by atoms with Crippen molar-refractivity contribution in [1.29, 1.82) is 0 Å². The number of hydrogen-bond acceptors (Lipinski definition) is 4. The SMILES string of the molecule is O=C(O)CCC(=O)CNCC(=O)c1ccccc1. The Kier molecular flexibility index (Phi) is 5.73. The van der Waals surface area contributed by atoms with Crippen LogP contribution in [0.4, 0.5) is 0 Å². The van der Waals surface area contributed by atoms with Crippen molar-refractivity contribution in [3.63, 3.8) is 0 Å². The van der Waals surface area contributed by atoms with Crippen LogP contribution in [0.5, 0.6) is 0 Å². The molecule has 0 aliphatic carbocycles. The number of benzene rings is 1. The smallest absolute Gasteiger partial charge is 0.303 e. The minimum absolute atomic E-state index is 0.0120. The number of rotatable bonds is 8. The van der Waals surface area contributed by atoms with E-state index >= 15 is 0 Å². The molecule has 1 aromatic rings. The number of Topliss-reactive ketones (excluding diaryl/α,β-unsaturated/α-hetero) is 2. The fourth-order valence-corrected chi connectivity index (χ4v) is 1.38. The highest BCUT2D eigenvalue weighted by molar-refractivity contribution is 5.97. The fraction of sp³-hybridized carbons (Fsp3) is 0.308. The summed E-state index contributed by atoms with van der Waals surface area (Å²) in [4.78, 5) is 33.1. The Morgan fingerprint density at radius 2 is 1.67 bits per heavy atom. The zero-order chi connectivity index (χ0) is 13.4. The molecule has 5 nitrogen and oxygen atoms in total. The van der Waals surface area contributed by atoms with Crippen molar-refractivity contribution in [2.45, 2.75) is 12.8 Å². The third kappa shape index (κ3) is 5.36. The van der Waals surface area contributed by atoms with Gasteiger partial charge in [-0.25, -0.2) is 0 Å². The number of nitrogens with one attached hydrogen (secondary N) is 1. The fourth-order valence-electron chi connectivity index (χ4n) is 1.38. The topological polar surface area (TPSA) is 83.5 Å². The first kappa shape index (κ1) is 14.1. The maximum atomic E-state index is 11.6. The lowest BCUT2D eigenvalue weighted by atomic mass is 10.1. The van der Waals surface area contributed by atoms with Gasteiger partial charge in [-0.1, -0.05) is 30.3 Å². The second-order valence-corrected chi connectivity index (χ2v) is 3.83. The van der Waals surface area contributed by atoms with Crippen molar-refractivity contribution in [2.24, 2.45) is 0 Å². The van der Waals surface area contributed by atoms with E-state index in [2.05, 4.69) is 5.32 Å². The van der Waals surface area contributed by atoms with Gasteiger partial charge in [0, 0.05) is 12.0 Å². The molecule has 0 saturated heterocycles. The summed E-state index contributed by atoms with van der Waals surface area (Å²) in [5.41, 5.74) is 0.586. The van der Waals surface area contributed by atoms with Crippen LogP contribution in [0.25, 0.3) is 0 Å². The number of aliphatic carboxylic acids is 1. The number of carbonyl (C=O) groups is 3. The minimum Gasteiger partial charge on any atom is -0.481 e. The van der Waals surface area contributed by atoms with Gasteiger partial charge in [0.2, 0.25) is 0 Å². The largest absolute Gasteiger partial charge is 0.481 e. The minimum atomic E-state index is -0.997. The van der Waals surface area contributed by atoms with Gasteiger partial charge in [0.15, 0.2) is 5.78 Å². The molecule has 1 rings (SSSR count). The number of ketones is 2. The first-order chi connectivity index (χ1) is 8.59. The van der Waals surface area contributed by atoms with Crippen LogP contribution in [0.1, 0.15) is 23.2 Å². The summed E-state index contributed by atoms with van der Waals surface area (Å²) >= 11 is 0. The summed E-state index contributed by atoms with van der Waals surface area (Å²) < 4.78 is 0. The molecule has 0 fully saturated rings. The standard InChI is InChI=1S/C13H15NO4/c15-11(6-7-13(17)18)8-14-9-12(16)10-4-2-1-3-5-10/h1-5,14H,6-9H2,(H,17,18). The highest BCUT2D eigenvalue weighted by atomic mass is 16.4. The van der Waals surface area contributed by atoms with Crippen LogP contribution < -0.4 is 5.32 Å². The molecule has 0 aliphatic heterocycles. The molecule has 5 heteroatoms. The average molecular weight is 249 g/mol. The zero-order valence-corrected chi connectivity index (χ0v) is 9.89. The molecule has 0 saturated carbocycles. The van der Waals surface area contributed by atoms with Gasteiger partial charge in [0.1, 0.15) is 5.78 Å². The summed E-state index contributed by atoms with van der Waals surface area (Å²) in [5, 5.41) is 11.1. The lowest BCUT2D eigenvalue weighted by Crippen LogP contribution is -2.28. The molecule has 0 unspecified atom stereocenters. The van der Waals surface area contributed by atoms with E-state index in [0.29, 0.717) is 5.56 Å². The van der Waals surface area contributed by atoms with E-state index < -0.39 is 5.97 Å². The predicted molar refractivity (Wildman–Crippen MR) is 65.5 cm³/mol. The lowest BCUT2D eigenvalue weighted by Gasteiger charge is -2.03. The summed E-state index contributed by atoms with van der Waals surface area (Å²) in [6, 6.07) is 8.77. The number of carboxylic acids is 1. The average Bonchev–Trinajstić information content (AvgIpc) is 2.37. The van der Waals surface area contributed by atoms with Crippen molar-refractivity contribution in [3.8, 4) is 0 Å². The maximum Gasteiger partial charge on any atom is 0.303 e. The number of carbonyl (C=O) groups excluding carboxylic acids is 2. The van der Waals surface area contributed by atoms with E-state index in [0.717, 1.165) is 0 Å². The molecule has 0 atom stereocenters. The van der Waals surface area contributed by atoms with E-state index in [-0.39, 0.29) is 37.5 Å². The third-order valence-corrected chi connectivity index (χ3v) is 2.32. The molecule has 0 radical (unpaired) electrons. The number of carboxylic acid groups (broad SMARTS) is 1. The third-order valence-electron chi connectivity index (χ3n) is 2.32. The Balaban J connectivity index is 2.24. The zero-order valence-electron chi connectivity index (χ0n) is 9.89. The predicted octanol–water partition coefficient (Wildman–Crippen LogP) is 0.893. The lowest BCUT2D eigenvalue weighted by molar-refractivity contribution is -0.138. The molecule has 0 bridgehead atoms. The van der Waals surface area contributed by atoms with Crippen LogP contribution in [0.2, 0.25) is 0 Å². The summed E-state index contributed by atoms with van der Waals surface area (Å²) in [5.74, 6) is -1.30. The van der Waals surface area contributed by atoms with Crippen molar-refractivity contribution in [3.05, 3.63) is 35.9 Å². The van der Waals surface area contributed by atoms with Crippen LogP contribution in [0, 0.1) is 0 Å². The number of hydrogen-bond donors (Lipinski definition) is 2. The van der Waals surface area contributed by atoms with Crippen molar-refractivity contribution < 1.29 is 19.5 Å². The second-order valence-electron chi connectivity index (χ2n) is 3.83. The van der Waals surface area contributed by atoms with Crippen LogP contribution in [0.3, 0.4) is 0 Å². The van der Waals surface area contributed by atoms with Crippen molar-refractivity contribution >= 4 is 17.5 Å². The van der Waals surface area contributed by atoms with Crippen LogP contribution in [0.15, 0.2) is 30.3 Å². The van der Waals surface area contributed by atoms with E-state index in [1.807, 2.05) is 6.07 Å². The Bertz CT molecular complexity index is 428. The van der Waals surface area contributed by atoms with Crippen molar-refractivity contribution in [1.82, 2.24) is 5.32 Å². The second kappa shape index (κ2) is 7.34. The van der Waals surface area contributed by atoms with E-state index in [9.17, 15) is 14.4 Å². The molecule has 0 heterocycles. The summed E-state index contributed by atoms with van der Waals surface area (Å²) in [6.07, 6.45) is -0.186. The molecule has 0 aliphatic rings. The molecule has 18 heavy (non-hydrogen) atoms. The Hall–Kier alpha value is -2.01. The normalized spacial score (nSPS) is 10.0. The molecule has 1 aromatic carbocycles. The molecule has 0 amide bonds. The first-order valence-electron chi connectivity index (χ1n) is 5.62. The molecule has 96 valence electrons. The van der Waals surface area contributed by atoms with Gasteiger partial charge < -0.3 is 10.4 Å². The van der Waals surface area contributed by atoms with Gasteiger partial charge >= 0.3 is 5.97 Å². The van der Waals surface area contributed by atoms with Crippen LogP contribution in [-0.4, -0.2) is 35.7 Å². The van der Waals surface area contributed by atoms with E-state index in [1.54, 1.807) is 24.3 Å². The van der Waals surface area contributed by atoms with Gasteiger partial charge in [-0.15, -0.1) is 0 Å². The van der Waals surface area contributed by atoms with Gasteiger partial charge in [-0.2, -0.15) is 0 Å². The Labute approximate surface area is 105 Å². The molecule has 2 N–H and O–H groups in total. The molecular weight excluding hydrogens is 234 g/mol. The van der Waals surface area contributed by atoms with E-state index in [4.69, 9.17) is 5.11 Å².